The van der Waals surface area contributed by atoms with Crippen LogP contribution in [0.4, 0.5) is 0 Å². The lowest BCUT2D eigenvalue weighted by molar-refractivity contribution is -0.140. The maximum absolute atomic E-state index is 12.9. The number of hydrogen-bond acceptors (Lipinski definition) is 9. The van der Waals surface area contributed by atoms with E-state index < -0.39 is 11.9 Å². The van der Waals surface area contributed by atoms with E-state index in [1.807, 2.05) is 13.8 Å². The summed E-state index contributed by atoms with van der Waals surface area (Å²) in [5, 5.41) is 31.3. The number of carbonyl (C=O) groups is 3. The molecule has 12 nitrogen and oxygen atoms in total. The Morgan fingerprint density at radius 2 is 1.79 bits per heavy atom. The van der Waals surface area contributed by atoms with E-state index in [-0.39, 0.29) is 52.6 Å². The summed E-state index contributed by atoms with van der Waals surface area (Å²) in [6.07, 6.45) is 2.23. The SMILES string of the molecule is CC.COC(=O)CCc1cn(CCNC(=O)c2ccc(-c3c4ccc(=O)cc-4oc4cc(O)ccc34)c(C(=O)O)c2)nn1. The molecule has 1 aliphatic carbocycles. The normalized spacial score (nSPS) is 10.7. The predicted molar refractivity (Wildman–Crippen MR) is 157 cm³/mol. The van der Waals surface area contributed by atoms with Crippen molar-refractivity contribution >= 4 is 28.8 Å². The zero-order valence-electron chi connectivity index (χ0n) is 23.8. The highest BCUT2D eigenvalue weighted by Gasteiger charge is 2.23. The van der Waals surface area contributed by atoms with E-state index in [1.165, 1.54) is 54.3 Å². The molecule has 1 aliphatic heterocycles. The van der Waals surface area contributed by atoms with Gasteiger partial charge in [0.25, 0.3) is 5.91 Å². The average Bonchev–Trinajstić information content (AvgIpc) is 3.46. The molecule has 3 aromatic rings. The van der Waals surface area contributed by atoms with Gasteiger partial charge in [-0.1, -0.05) is 25.1 Å². The number of aromatic carboxylic acids is 1. The maximum atomic E-state index is 12.9. The first-order valence-corrected chi connectivity index (χ1v) is 13.5. The number of aromatic hydroxyl groups is 1. The first-order valence-electron chi connectivity index (χ1n) is 13.5. The van der Waals surface area contributed by atoms with Gasteiger partial charge in [0, 0.05) is 53.4 Å². The van der Waals surface area contributed by atoms with Crippen molar-refractivity contribution in [1.82, 2.24) is 20.3 Å². The number of hydrogen-bond donors (Lipinski definition) is 3. The first-order chi connectivity index (χ1) is 20.7. The Hall–Kier alpha value is -5.52. The Balaban J connectivity index is 0.00000207. The molecule has 12 heteroatoms. The fourth-order valence-electron chi connectivity index (χ4n) is 4.51. The van der Waals surface area contributed by atoms with Crippen LogP contribution < -0.4 is 10.7 Å². The molecule has 222 valence electrons. The van der Waals surface area contributed by atoms with Gasteiger partial charge in [-0.2, -0.15) is 0 Å². The number of fused-ring (bicyclic) bond motifs is 2. The Bertz CT molecular complexity index is 1820. The van der Waals surface area contributed by atoms with Crippen LogP contribution in [-0.2, 0) is 22.5 Å². The number of amides is 1. The minimum absolute atomic E-state index is 0.0568. The van der Waals surface area contributed by atoms with Crippen molar-refractivity contribution in [3.8, 4) is 28.2 Å². The summed E-state index contributed by atoms with van der Waals surface area (Å²) in [5.41, 5.74) is 1.89. The van der Waals surface area contributed by atoms with Crippen molar-refractivity contribution in [2.24, 2.45) is 0 Å². The molecule has 5 rings (SSSR count). The molecule has 1 aromatic heterocycles. The molecule has 1 amide bonds. The summed E-state index contributed by atoms with van der Waals surface area (Å²) in [7, 11) is 1.31. The molecule has 3 N–H and O–H groups in total. The van der Waals surface area contributed by atoms with Gasteiger partial charge >= 0.3 is 11.9 Å². The van der Waals surface area contributed by atoms with Crippen molar-refractivity contribution in [3.63, 3.8) is 0 Å². The van der Waals surface area contributed by atoms with Crippen LogP contribution in [0.2, 0.25) is 0 Å². The van der Waals surface area contributed by atoms with Gasteiger partial charge < -0.3 is 24.7 Å². The fraction of sp³-hybridized carbons (Fsp3) is 0.226. The van der Waals surface area contributed by atoms with Crippen LogP contribution in [0.1, 0.15) is 46.7 Å². The summed E-state index contributed by atoms with van der Waals surface area (Å²) in [6, 6.07) is 13.0. The number of nitrogens with one attached hydrogen (secondary N) is 1. The monoisotopic (exact) mass is 586 g/mol. The molecule has 0 fully saturated rings. The summed E-state index contributed by atoms with van der Waals surface area (Å²) in [4.78, 5) is 48.6. The Morgan fingerprint density at radius 3 is 2.53 bits per heavy atom. The van der Waals surface area contributed by atoms with Gasteiger partial charge in [0.15, 0.2) is 5.43 Å². The van der Waals surface area contributed by atoms with E-state index in [0.717, 1.165) is 0 Å². The molecular weight excluding hydrogens is 556 g/mol. The summed E-state index contributed by atoms with van der Waals surface area (Å²) in [6.45, 7) is 4.50. The highest BCUT2D eigenvalue weighted by Crippen LogP contribution is 2.42. The van der Waals surface area contributed by atoms with Crippen LogP contribution in [0.5, 0.6) is 5.75 Å². The third-order valence-corrected chi connectivity index (χ3v) is 6.48. The highest BCUT2D eigenvalue weighted by atomic mass is 16.5. The van der Waals surface area contributed by atoms with E-state index in [9.17, 15) is 29.4 Å². The van der Waals surface area contributed by atoms with Gasteiger partial charge in [0.05, 0.1) is 31.3 Å². The highest BCUT2D eigenvalue weighted by molar-refractivity contribution is 6.09. The van der Waals surface area contributed by atoms with Crippen LogP contribution in [0.25, 0.3) is 33.4 Å². The first kappa shape index (κ1) is 30.4. The molecular formula is C31H30N4O8. The van der Waals surface area contributed by atoms with Crippen LogP contribution in [0.15, 0.2) is 70.0 Å². The van der Waals surface area contributed by atoms with Crippen molar-refractivity contribution in [1.29, 1.82) is 0 Å². The molecule has 43 heavy (non-hydrogen) atoms. The minimum atomic E-state index is -1.25. The molecule has 0 spiro atoms. The predicted octanol–water partition coefficient (Wildman–Crippen LogP) is 4.12. The van der Waals surface area contributed by atoms with E-state index >= 15 is 0 Å². The summed E-state index contributed by atoms with van der Waals surface area (Å²) in [5.74, 6) is -1.91. The molecule has 0 saturated heterocycles. The minimum Gasteiger partial charge on any atom is -0.508 e. The second-order valence-corrected chi connectivity index (χ2v) is 9.19. The molecule has 2 aromatic carbocycles. The Kier molecular flexibility index (Phi) is 9.51. The number of ether oxygens (including phenoxy) is 1. The van der Waals surface area contributed by atoms with Crippen molar-refractivity contribution in [2.75, 3.05) is 13.7 Å². The Labute approximate surface area is 245 Å². The number of carboxylic acids is 1. The van der Waals surface area contributed by atoms with Crippen molar-refractivity contribution in [3.05, 3.63) is 87.8 Å². The lowest BCUT2D eigenvalue weighted by Gasteiger charge is -2.17. The summed E-state index contributed by atoms with van der Waals surface area (Å²) < 4.78 is 12.0. The smallest absolute Gasteiger partial charge is 0.336 e. The maximum Gasteiger partial charge on any atom is 0.336 e. The number of carboxylic acid groups (broad SMARTS) is 1. The third kappa shape index (κ3) is 6.87. The van der Waals surface area contributed by atoms with Crippen molar-refractivity contribution in [2.45, 2.75) is 33.2 Å². The molecule has 0 atom stereocenters. The molecule has 0 bridgehead atoms. The number of benzene rings is 3. The number of phenolic OH excluding ortho intramolecular Hbond substituents is 1. The second kappa shape index (κ2) is 13.4. The van der Waals surface area contributed by atoms with Crippen molar-refractivity contribution < 1.29 is 33.8 Å². The number of esters is 1. The van der Waals surface area contributed by atoms with Gasteiger partial charge in [0.2, 0.25) is 0 Å². The molecule has 0 radical (unpaired) electrons. The summed E-state index contributed by atoms with van der Waals surface area (Å²) >= 11 is 0. The number of aromatic nitrogens is 3. The third-order valence-electron chi connectivity index (χ3n) is 6.48. The van der Waals surface area contributed by atoms with Crippen LogP contribution in [0, 0.1) is 0 Å². The molecule has 0 saturated carbocycles. The van der Waals surface area contributed by atoms with Gasteiger partial charge in [0.1, 0.15) is 17.1 Å². The van der Waals surface area contributed by atoms with Crippen LogP contribution in [0.3, 0.4) is 0 Å². The van der Waals surface area contributed by atoms with Gasteiger partial charge in [-0.05, 0) is 42.0 Å². The lowest BCUT2D eigenvalue weighted by Crippen LogP contribution is -2.27. The standard InChI is InChI=1S/C29H24N4O8.C2H6/c1-40-26(36)9-3-17-15-33(32-31-17)11-10-30-28(37)16-2-6-20(23(12-16)29(38)39)27-21-7-4-18(34)13-24(21)41-25-14-19(35)5-8-22(25)27;1-2/h2,4-8,12-15,34H,3,9-11H2,1H3,(H,30,37)(H,38,39);1-2H3. The van der Waals surface area contributed by atoms with E-state index in [4.69, 9.17) is 4.42 Å². The molecule has 2 heterocycles. The number of aryl methyl sites for hydroxylation is 1. The largest absolute Gasteiger partial charge is 0.508 e. The molecule has 0 unspecified atom stereocenters. The number of methoxy groups -OCH3 is 1. The zero-order valence-corrected chi connectivity index (χ0v) is 23.8. The number of rotatable bonds is 9. The van der Waals surface area contributed by atoms with Gasteiger partial charge in [-0.25, -0.2) is 4.79 Å². The quantitative estimate of drug-likeness (QED) is 0.168. The van der Waals surface area contributed by atoms with Crippen LogP contribution >= 0.6 is 0 Å². The number of carbonyl (C=O) groups excluding carboxylic acids is 2. The zero-order chi connectivity index (χ0) is 31.1. The lowest BCUT2D eigenvalue weighted by atomic mass is 9.90. The number of nitrogens with zero attached hydrogens (tertiary/aromatic N) is 3. The molecule has 2 aliphatic rings. The number of phenols is 1. The Morgan fingerprint density at radius 1 is 1.02 bits per heavy atom. The topological polar surface area (TPSA) is 174 Å². The van der Waals surface area contributed by atoms with E-state index in [0.29, 0.717) is 40.7 Å². The van der Waals surface area contributed by atoms with Gasteiger partial charge in [-0.15, -0.1) is 5.10 Å². The van der Waals surface area contributed by atoms with Gasteiger partial charge in [-0.3, -0.25) is 19.1 Å². The second-order valence-electron chi connectivity index (χ2n) is 9.19. The van der Waals surface area contributed by atoms with E-state index in [1.54, 1.807) is 18.3 Å². The average molecular weight is 587 g/mol. The van der Waals surface area contributed by atoms with E-state index in [2.05, 4.69) is 20.4 Å². The fourth-order valence-corrected chi connectivity index (χ4v) is 4.51. The van der Waals surface area contributed by atoms with Crippen LogP contribution in [-0.4, -0.2) is 56.7 Å².